The van der Waals surface area contributed by atoms with Crippen LogP contribution in [0.4, 0.5) is 13.2 Å². The Morgan fingerprint density at radius 3 is 2.59 bits per heavy atom. The van der Waals surface area contributed by atoms with Crippen LogP contribution in [-0.4, -0.2) is 51.3 Å². The van der Waals surface area contributed by atoms with Crippen LogP contribution in [0.2, 0.25) is 0 Å². The van der Waals surface area contributed by atoms with Gasteiger partial charge in [0.05, 0.1) is 35.1 Å². The zero-order valence-corrected chi connectivity index (χ0v) is 20.4. The van der Waals surface area contributed by atoms with Crippen LogP contribution in [-0.2, 0) is 18.1 Å². The van der Waals surface area contributed by atoms with Crippen LogP contribution in [0, 0.1) is 16.2 Å². The number of aromatic nitrogens is 2. The molecule has 5 rings (SSSR count). The van der Waals surface area contributed by atoms with Crippen LogP contribution in [0.1, 0.15) is 42.4 Å². The molecule has 8 nitrogen and oxygen atoms in total. The van der Waals surface area contributed by atoms with Gasteiger partial charge in [-0.25, -0.2) is 4.79 Å². The van der Waals surface area contributed by atoms with Gasteiger partial charge in [-0.3, -0.25) is 19.8 Å². The lowest BCUT2D eigenvalue weighted by Gasteiger charge is -2.50. The molecule has 37 heavy (non-hydrogen) atoms. The number of benzene rings is 1. The number of amidine groups is 1. The number of likely N-dealkylation sites (N-methyl/N-ethyl adjacent to an activating group) is 1. The molecule has 11 heteroatoms. The van der Waals surface area contributed by atoms with Crippen molar-refractivity contribution < 1.29 is 18.3 Å². The van der Waals surface area contributed by atoms with Gasteiger partial charge in [0.25, 0.3) is 0 Å². The highest BCUT2D eigenvalue weighted by Crippen LogP contribution is 2.69. The molecule has 1 spiro atoms. The van der Waals surface area contributed by atoms with E-state index in [0.717, 1.165) is 48.1 Å². The number of nitrogens with one attached hydrogen (secondary N) is 3. The number of fused-ring (bicyclic) bond motifs is 1. The molecule has 0 atom stereocenters. The lowest BCUT2D eigenvalue weighted by molar-refractivity contribution is -0.136. The first kappa shape index (κ1) is 25.2. The number of aliphatic hydroxyl groups is 1. The summed E-state index contributed by atoms with van der Waals surface area (Å²) in [7, 11) is 1.66. The van der Waals surface area contributed by atoms with Gasteiger partial charge in [0.1, 0.15) is 5.84 Å². The van der Waals surface area contributed by atoms with Crippen molar-refractivity contribution in [3.63, 3.8) is 0 Å². The van der Waals surface area contributed by atoms with Gasteiger partial charge in [0, 0.05) is 32.5 Å². The van der Waals surface area contributed by atoms with Gasteiger partial charge in [-0.2, -0.15) is 13.2 Å². The molecule has 196 valence electrons. The minimum absolute atomic E-state index is 0.0690. The van der Waals surface area contributed by atoms with Gasteiger partial charge >= 0.3 is 11.9 Å². The molecule has 1 aromatic carbocycles. The van der Waals surface area contributed by atoms with Crippen molar-refractivity contribution in [1.82, 2.24) is 19.2 Å². The second-order valence-electron chi connectivity index (χ2n) is 10.3. The molecule has 0 bridgehead atoms. The van der Waals surface area contributed by atoms with E-state index in [-0.39, 0.29) is 36.2 Å². The Bertz CT molecular complexity index is 1430. The molecule has 2 saturated carbocycles. The summed E-state index contributed by atoms with van der Waals surface area (Å²) in [6.07, 6.45) is 2.79. The number of nitrogens with zero attached hydrogens (tertiary/aromatic N) is 3. The number of aliphatic hydroxyl groups excluding tert-OH is 1. The highest BCUT2D eigenvalue weighted by Gasteiger charge is 2.63. The Kier molecular flexibility index (Phi) is 6.03. The zero-order chi connectivity index (χ0) is 26.6. The molecular weight excluding hydrogens is 485 g/mol. The molecule has 0 amide bonds. The van der Waals surface area contributed by atoms with Gasteiger partial charge < -0.3 is 15.3 Å². The van der Waals surface area contributed by atoms with Crippen LogP contribution in [0.15, 0.2) is 47.5 Å². The second kappa shape index (κ2) is 8.84. The molecular formula is C26H29F3N6O2. The molecule has 2 aliphatic rings. The highest BCUT2D eigenvalue weighted by molar-refractivity contribution is 5.98. The summed E-state index contributed by atoms with van der Waals surface area (Å²) < 4.78 is 44.1. The van der Waals surface area contributed by atoms with Crippen molar-refractivity contribution in [2.45, 2.75) is 43.8 Å². The lowest BCUT2D eigenvalue weighted by Crippen LogP contribution is -2.53. The topological polar surface area (TPSA) is 110 Å². The summed E-state index contributed by atoms with van der Waals surface area (Å²) in [4.78, 5) is 14.8. The number of halogens is 3. The van der Waals surface area contributed by atoms with E-state index < -0.39 is 22.8 Å². The predicted molar refractivity (Wildman–Crippen MR) is 134 cm³/mol. The molecule has 0 saturated heterocycles. The number of imidazole rings is 1. The maximum atomic E-state index is 13.9. The lowest BCUT2D eigenvalue weighted by atomic mass is 9.55. The van der Waals surface area contributed by atoms with Crippen LogP contribution >= 0.6 is 0 Å². The maximum absolute atomic E-state index is 13.9. The normalized spacial score (nSPS) is 17.5. The van der Waals surface area contributed by atoms with E-state index in [0.29, 0.717) is 11.5 Å². The maximum Gasteiger partial charge on any atom is 0.418 e. The molecule has 2 fully saturated rings. The number of pyridine rings is 1. The summed E-state index contributed by atoms with van der Waals surface area (Å²) in [6.45, 7) is 0.129. The summed E-state index contributed by atoms with van der Waals surface area (Å²) in [6, 6.07) is 8.11. The second-order valence-corrected chi connectivity index (χ2v) is 10.3. The fourth-order valence-corrected chi connectivity index (χ4v) is 5.69. The van der Waals surface area contributed by atoms with Crippen molar-refractivity contribution >= 4 is 17.7 Å². The van der Waals surface area contributed by atoms with Gasteiger partial charge in [-0.05, 0) is 60.4 Å². The van der Waals surface area contributed by atoms with Crippen molar-refractivity contribution in [2.24, 2.45) is 5.41 Å². The third-order valence-corrected chi connectivity index (χ3v) is 7.73. The number of hydrogen-bond acceptors (Lipinski definition) is 5. The van der Waals surface area contributed by atoms with E-state index in [2.05, 4.69) is 5.32 Å². The van der Waals surface area contributed by atoms with Gasteiger partial charge in [0.15, 0.2) is 0 Å². The first-order chi connectivity index (χ1) is 17.5. The largest absolute Gasteiger partial charge is 0.418 e. The van der Waals surface area contributed by atoms with Crippen molar-refractivity contribution in [3.05, 3.63) is 69.9 Å². The minimum atomic E-state index is -4.67. The fourth-order valence-electron chi connectivity index (χ4n) is 5.69. The Labute approximate surface area is 211 Å². The molecule has 3 aromatic rings. The quantitative estimate of drug-likeness (QED) is 0.210. The average Bonchev–Trinajstić information content (AvgIpc) is 3.58. The number of hydrogen-bond donors (Lipinski definition) is 4. The zero-order valence-electron chi connectivity index (χ0n) is 20.4. The third kappa shape index (κ3) is 4.25. The molecule has 0 aliphatic heterocycles. The first-order valence-electron chi connectivity index (χ1n) is 12.1. The SMILES string of the molecule is CN(C=N)C(=N)C1(c2cccc(-n3cc4c(C(F)(F)F)cc(CNCCO)cn4c3=O)c2)CC2(CC2)C1. The first-order valence-corrected chi connectivity index (χ1v) is 12.1. The van der Waals surface area contributed by atoms with Gasteiger partial charge in [0.2, 0.25) is 0 Å². The monoisotopic (exact) mass is 514 g/mol. The van der Waals surface area contributed by atoms with E-state index in [1.54, 1.807) is 25.2 Å². The molecule has 2 aromatic heterocycles. The van der Waals surface area contributed by atoms with E-state index in [1.807, 2.05) is 6.07 Å². The Morgan fingerprint density at radius 2 is 1.97 bits per heavy atom. The van der Waals surface area contributed by atoms with Gasteiger partial charge in [-0.15, -0.1) is 0 Å². The van der Waals surface area contributed by atoms with Gasteiger partial charge in [-0.1, -0.05) is 12.1 Å². The van der Waals surface area contributed by atoms with Crippen LogP contribution in [0.5, 0.6) is 0 Å². The summed E-state index contributed by atoms with van der Waals surface area (Å²) in [5.74, 6) is 0.297. The third-order valence-electron chi connectivity index (χ3n) is 7.73. The van der Waals surface area contributed by atoms with E-state index >= 15 is 0 Å². The smallest absolute Gasteiger partial charge is 0.395 e. The van der Waals surface area contributed by atoms with E-state index in [9.17, 15) is 18.0 Å². The Morgan fingerprint density at radius 1 is 1.24 bits per heavy atom. The van der Waals surface area contributed by atoms with E-state index in [1.165, 1.54) is 21.9 Å². The molecule has 0 radical (unpaired) electrons. The van der Waals surface area contributed by atoms with Crippen LogP contribution in [0.3, 0.4) is 0 Å². The molecule has 4 N–H and O–H groups in total. The molecule has 2 heterocycles. The molecule has 2 aliphatic carbocycles. The standard InChI is InChI=1S/C26H29F3N6O2/c1-33(16-30)22(31)25(14-24(15-25)5-6-24)18-3-2-4-19(10-18)34-13-21-20(26(27,28)29)9-17(11-32-7-8-36)12-35(21)23(34)37/h2-4,9-10,12-13,16,30-32,36H,5-8,11,14-15H2,1H3. The van der Waals surface area contributed by atoms with E-state index in [4.69, 9.17) is 15.9 Å². The van der Waals surface area contributed by atoms with Crippen molar-refractivity contribution in [3.8, 4) is 5.69 Å². The summed E-state index contributed by atoms with van der Waals surface area (Å²) >= 11 is 0. The number of rotatable bonds is 8. The Hall–Kier alpha value is -3.44. The van der Waals surface area contributed by atoms with Crippen molar-refractivity contribution in [2.75, 3.05) is 20.2 Å². The van der Waals surface area contributed by atoms with Crippen LogP contribution < -0.4 is 11.0 Å². The summed E-state index contributed by atoms with van der Waals surface area (Å²) in [5, 5.41) is 28.2. The highest BCUT2D eigenvalue weighted by atomic mass is 19.4. The fraction of sp³-hybridized carbons (Fsp3) is 0.423. The summed E-state index contributed by atoms with van der Waals surface area (Å²) in [5.41, 5.74) is -0.667. The number of alkyl halides is 3. The molecule has 0 unspecified atom stereocenters. The van der Waals surface area contributed by atoms with Crippen LogP contribution in [0.25, 0.3) is 11.2 Å². The minimum Gasteiger partial charge on any atom is -0.395 e. The Balaban J connectivity index is 1.60. The predicted octanol–water partition coefficient (Wildman–Crippen LogP) is 3.52. The average molecular weight is 515 g/mol. The van der Waals surface area contributed by atoms with Crippen molar-refractivity contribution in [1.29, 1.82) is 10.8 Å².